The van der Waals surface area contributed by atoms with E-state index in [0.717, 1.165) is 0 Å². The molecule has 0 aromatic carbocycles. The molecule has 0 unspecified atom stereocenters. The van der Waals surface area contributed by atoms with Gasteiger partial charge in [0.2, 0.25) is 29.7 Å². The second-order valence-corrected chi connectivity index (χ2v) is 8.51. The van der Waals surface area contributed by atoms with Gasteiger partial charge in [-0.1, -0.05) is 0 Å². The van der Waals surface area contributed by atoms with Crippen LogP contribution in [0.1, 0.15) is 12.8 Å². The van der Waals surface area contributed by atoms with Crippen molar-refractivity contribution in [1.82, 2.24) is 30.8 Å². The third-order valence-electron chi connectivity index (χ3n) is 4.07. The number of nitrogens with one attached hydrogen (secondary N) is 4. The first-order valence-corrected chi connectivity index (χ1v) is 11.2. The van der Waals surface area contributed by atoms with Crippen molar-refractivity contribution >= 4 is 56.6 Å². The van der Waals surface area contributed by atoms with Crippen LogP contribution in [0.3, 0.4) is 0 Å². The van der Waals surface area contributed by atoms with E-state index in [1.54, 1.807) is 10.8 Å². The summed E-state index contributed by atoms with van der Waals surface area (Å²) in [5.41, 5.74) is 4.84. The first kappa shape index (κ1) is 24.1. The minimum atomic E-state index is -1.13. The van der Waals surface area contributed by atoms with E-state index in [2.05, 4.69) is 31.5 Å². The van der Waals surface area contributed by atoms with Gasteiger partial charge in [-0.2, -0.15) is 10.0 Å². The van der Waals surface area contributed by atoms with Crippen LogP contribution in [0.25, 0.3) is 0 Å². The number of aromatic nitrogens is 2. The molecule has 0 atom stereocenters. The van der Waals surface area contributed by atoms with E-state index in [1.165, 1.54) is 45.1 Å². The largest absolute Gasteiger partial charge is 0.302 e. The summed E-state index contributed by atoms with van der Waals surface area (Å²) in [6.45, 7) is -0.364. The molecule has 1 fully saturated rings. The van der Waals surface area contributed by atoms with E-state index < -0.39 is 47.4 Å². The molecule has 17 heteroatoms. The number of hydrogen-bond donors (Lipinski definition) is 4. The van der Waals surface area contributed by atoms with Gasteiger partial charge in [0.15, 0.2) is 10.3 Å². The fourth-order valence-corrected chi connectivity index (χ4v) is 3.89. The van der Waals surface area contributed by atoms with E-state index in [0.29, 0.717) is 10.3 Å². The summed E-state index contributed by atoms with van der Waals surface area (Å²) in [5.74, 6) is -2.58. The number of thiazole rings is 2. The van der Waals surface area contributed by atoms with Crippen molar-refractivity contribution in [3.05, 3.63) is 33.3 Å². The predicted octanol–water partition coefficient (Wildman–Crippen LogP) is -0.760. The molecule has 4 amide bonds. The van der Waals surface area contributed by atoms with Crippen LogP contribution in [0.15, 0.2) is 23.2 Å². The summed E-state index contributed by atoms with van der Waals surface area (Å²) in [6, 6.07) is -1.13. The Bertz CT molecular complexity index is 928. The van der Waals surface area contributed by atoms with Gasteiger partial charge in [-0.05, 0) is 0 Å². The number of amides is 4. The van der Waals surface area contributed by atoms with Crippen LogP contribution in [0.5, 0.6) is 0 Å². The minimum Gasteiger partial charge on any atom is -0.302 e. The lowest BCUT2D eigenvalue weighted by molar-refractivity contribution is -0.528. The highest BCUT2D eigenvalue weighted by Gasteiger charge is 2.34. The van der Waals surface area contributed by atoms with Crippen molar-refractivity contribution in [3.63, 3.8) is 0 Å². The fourth-order valence-electron chi connectivity index (χ4n) is 2.80. The second kappa shape index (κ2) is 11.4. The molecule has 176 valence electrons. The van der Waals surface area contributed by atoms with Gasteiger partial charge in [-0.3, -0.25) is 40.1 Å². The molecule has 4 N–H and O–H groups in total. The Hall–Kier alpha value is -3.54. The maximum atomic E-state index is 12.2. The van der Waals surface area contributed by atoms with Gasteiger partial charge in [-0.25, -0.2) is 9.97 Å². The second-order valence-electron chi connectivity index (χ2n) is 6.72. The lowest BCUT2D eigenvalue weighted by atomic mass is 10.2. The number of carbonyl (C=O) groups excluding carboxylic acids is 4. The van der Waals surface area contributed by atoms with Gasteiger partial charge < -0.3 is 10.6 Å². The van der Waals surface area contributed by atoms with Crippen LogP contribution >= 0.6 is 22.7 Å². The Labute approximate surface area is 194 Å². The molecule has 1 aliphatic rings. The normalized spacial score (nSPS) is 14.9. The van der Waals surface area contributed by atoms with Gasteiger partial charge in [0.25, 0.3) is 0 Å². The van der Waals surface area contributed by atoms with E-state index in [1.807, 2.05) is 0 Å². The number of hydrogen-bond acceptors (Lipinski definition) is 12. The molecule has 0 radical (unpaired) electrons. The molecule has 2 aromatic rings. The summed E-state index contributed by atoms with van der Waals surface area (Å²) in [7, 11) is 0. The van der Waals surface area contributed by atoms with Crippen LogP contribution in [0, 0.1) is 10.1 Å². The first-order valence-electron chi connectivity index (χ1n) is 9.39. The number of hydrazine groups is 2. The Morgan fingerprint density at radius 1 is 0.909 bits per heavy atom. The smallest absolute Gasteiger partial charge is 0.243 e. The van der Waals surface area contributed by atoms with Crippen LogP contribution < -0.4 is 21.5 Å². The van der Waals surface area contributed by atoms with Gasteiger partial charge in [-0.15, -0.1) is 22.7 Å². The summed E-state index contributed by atoms with van der Waals surface area (Å²) >= 11 is 2.38. The van der Waals surface area contributed by atoms with Crippen molar-refractivity contribution in [2.45, 2.75) is 18.9 Å². The maximum Gasteiger partial charge on any atom is 0.243 e. The maximum absolute atomic E-state index is 12.2. The topological polar surface area (TPSA) is 192 Å². The summed E-state index contributed by atoms with van der Waals surface area (Å²) < 4.78 is 0. The van der Waals surface area contributed by atoms with Crippen LogP contribution in [0.2, 0.25) is 0 Å². The van der Waals surface area contributed by atoms with Crippen molar-refractivity contribution < 1.29 is 24.1 Å². The third kappa shape index (κ3) is 7.83. The van der Waals surface area contributed by atoms with Crippen molar-refractivity contribution in [2.24, 2.45) is 0 Å². The van der Waals surface area contributed by atoms with Gasteiger partial charge in [0.05, 0.1) is 19.8 Å². The minimum absolute atomic E-state index is 0.0932. The highest BCUT2D eigenvalue weighted by molar-refractivity contribution is 7.14. The van der Waals surface area contributed by atoms with Crippen molar-refractivity contribution in [2.75, 3.05) is 30.4 Å². The average molecular weight is 498 g/mol. The van der Waals surface area contributed by atoms with E-state index >= 15 is 0 Å². The molecule has 3 heterocycles. The summed E-state index contributed by atoms with van der Waals surface area (Å²) in [6.07, 6.45) is 1.94. The molecular weight excluding hydrogens is 478 g/mol. The van der Waals surface area contributed by atoms with Crippen molar-refractivity contribution in [1.29, 1.82) is 0 Å². The molecule has 0 spiro atoms. The zero-order valence-electron chi connectivity index (χ0n) is 16.9. The molecule has 0 saturated carbocycles. The SMILES string of the molecule is O=C(CC(=O)NN1CC([N+](=O)[O-])CN(NC(=O)CC(=O)Nc2nccs2)C1)Nc1nccs1. The summed E-state index contributed by atoms with van der Waals surface area (Å²) in [5, 5.41) is 22.7. The molecule has 3 rings (SSSR count). The van der Waals surface area contributed by atoms with Gasteiger partial charge >= 0.3 is 0 Å². The monoisotopic (exact) mass is 497 g/mol. The van der Waals surface area contributed by atoms with Gasteiger partial charge in [0.1, 0.15) is 12.8 Å². The zero-order valence-corrected chi connectivity index (χ0v) is 18.6. The first-order chi connectivity index (χ1) is 15.8. The van der Waals surface area contributed by atoms with Crippen LogP contribution in [-0.4, -0.2) is 74.3 Å². The van der Waals surface area contributed by atoms with E-state index in [9.17, 15) is 29.3 Å². The molecule has 2 aromatic heterocycles. The Morgan fingerprint density at radius 2 is 1.36 bits per heavy atom. The molecule has 1 saturated heterocycles. The van der Waals surface area contributed by atoms with E-state index in [-0.39, 0.29) is 19.8 Å². The number of rotatable bonds is 9. The number of nitro groups is 1. The highest BCUT2D eigenvalue weighted by atomic mass is 32.1. The van der Waals surface area contributed by atoms with Gasteiger partial charge in [0, 0.05) is 28.1 Å². The molecular formula is C16H19N9O6S2. The molecule has 0 aliphatic carbocycles. The van der Waals surface area contributed by atoms with E-state index in [4.69, 9.17) is 0 Å². The Balaban J connectivity index is 1.49. The van der Waals surface area contributed by atoms with Crippen molar-refractivity contribution in [3.8, 4) is 0 Å². The zero-order chi connectivity index (χ0) is 23.8. The molecule has 33 heavy (non-hydrogen) atoms. The molecule has 15 nitrogen and oxygen atoms in total. The highest BCUT2D eigenvalue weighted by Crippen LogP contribution is 2.12. The third-order valence-corrected chi connectivity index (χ3v) is 5.44. The Morgan fingerprint density at radius 3 is 1.73 bits per heavy atom. The lowest BCUT2D eigenvalue weighted by Gasteiger charge is -2.36. The van der Waals surface area contributed by atoms with Crippen LogP contribution in [-0.2, 0) is 19.2 Å². The predicted molar refractivity (Wildman–Crippen MR) is 116 cm³/mol. The summed E-state index contributed by atoms with van der Waals surface area (Å²) in [4.78, 5) is 66.7. The average Bonchev–Trinajstić information content (AvgIpc) is 3.41. The standard InChI is InChI=1S/C16H19N9O6S2/c26-11(19-15-17-1-3-32-15)5-13(28)21-23-7-10(25(30)31)8-24(9-23)22-14(29)6-12(27)20-16-18-2-4-33-16/h1-4,10H,5-9H2,(H,21,28)(H,22,29)(H,17,19,26)(H,18,20,27). The molecule has 0 bridgehead atoms. The number of anilines is 2. The van der Waals surface area contributed by atoms with Crippen LogP contribution in [0.4, 0.5) is 10.3 Å². The quantitative estimate of drug-likeness (QED) is 0.194. The number of carbonyl (C=O) groups is 4. The fraction of sp³-hybridized carbons (Fsp3) is 0.375. The lowest BCUT2D eigenvalue weighted by Crippen LogP contribution is -2.63. The molecule has 1 aliphatic heterocycles. The Kier molecular flexibility index (Phi) is 8.30. The number of nitrogens with zero attached hydrogens (tertiary/aromatic N) is 5.